The third kappa shape index (κ3) is 4.29. The SMILES string of the molecule is COc1ccc(C(CNC(=O)c2sc3nc4n(c(=O)c3c2C)CCCCC4)N(C)C)cc1. The number of carbonyl (C=O) groups is 1. The lowest BCUT2D eigenvalue weighted by molar-refractivity contribution is 0.0945. The lowest BCUT2D eigenvalue weighted by Gasteiger charge is -2.25. The zero-order valence-corrected chi connectivity index (χ0v) is 19.9. The van der Waals surface area contributed by atoms with E-state index in [9.17, 15) is 9.59 Å². The van der Waals surface area contributed by atoms with Crippen LogP contribution in [0.5, 0.6) is 5.75 Å². The molecule has 1 atom stereocenters. The molecule has 170 valence electrons. The van der Waals surface area contributed by atoms with E-state index in [1.54, 1.807) is 7.11 Å². The summed E-state index contributed by atoms with van der Waals surface area (Å²) in [4.78, 5) is 34.3. The highest BCUT2D eigenvalue weighted by molar-refractivity contribution is 7.20. The predicted octanol–water partition coefficient (Wildman–Crippen LogP) is 3.53. The molecule has 1 aliphatic rings. The van der Waals surface area contributed by atoms with Crippen LogP contribution >= 0.6 is 11.3 Å². The molecule has 32 heavy (non-hydrogen) atoms. The summed E-state index contributed by atoms with van der Waals surface area (Å²) in [5, 5.41) is 3.66. The number of fused-ring (bicyclic) bond motifs is 2. The van der Waals surface area contributed by atoms with Crippen molar-refractivity contribution in [2.75, 3.05) is 27.7 Å². The van der Waals surface area contributed by atoms with Gasteiger partial charge in [0.05, 0.1) is 23.4 Å². The number of nitrogens with one attached hydrogen (secondary N) is 1. The Labute approximate surface area is 192 Å². The van der Waals surface area contributed by atoms with Crippen molar-refractivity contribution in [2.45, 2.75) is 45.2 Å². The van der Waals surface area contributed by atoms with E-state index in [1.807, 2.05) is 49.9 Å². The average molecular weight is 455 g/mol. The number of thiophene rings is 1. The van der Waals surface area contributed by atoms with E-state index in [0.29, 0.717) is 28.2 Å². The quantitative estimate of drug-likeness (QED) is 0.617. The molecule has 0 fully saturated rings. The van der Waals surface area contributed by atoms with Crippen molar-refractivity contribution in [2.24, 2.45) is 0 Å². The summed E-state index contributed by atoms with van der Waals surface area (Å²) >= 11 is 1.32. The van der Waals surface area contributed by atoms with Gasteiger partial charge in [-0.25, -0.2) is 4.98 Å². The molecule has 7 nitrogen and oxygen atoms in total. The van der Waals surface area contributed by atoms with Crippen LogP contribution in [0.1, 0.15) is 51.9 Å². The number of hydrogen-bond acceptors (Lipinski definition) is 6. The van der Waals surface area contributed by atoms with E-state index < -0.39 is 0 Å². The minimum Gasteiger partial charge on any atom is -0.497 e. The highest BCUT2D eigenvalue weighted by Crippen LogP contribution is 2.29. The van der Waals surface area contributed by atoms with Crippen LogP contribution in [0.15, 0.2) is 29.1 Å². The summed E-state index contributed by atoms with van der Waals surface area (Å²) in [6, 6.07) is 7.88. The molecule has 0 spiro atoms. The predicted molar refractivity (Wildman–Crippen MR) is 128 cm³/mol. The van der Waals surface area contributed by atoms with Gasteiger partial charge in [-0.05, 0) is 57.1 Å². The van der Waals surface area contributed by atoms with E-state index in [0.717, 1.165) is 48.4 Å². The van der Waals surface area contributed by atoms with Crippen molar-refractivity contribution in [3.63, 3.8) is 0 Å². The summed E-state index contributed by atoms with van der Waals surface area (Å²) < 4.78 is 7.05. The zero-order valence-electron chi connectivity index (χ0n) is 19.1. The molecule has 8 heteroatoms. The molecule has 1 aliphatic heterocycles. The van der Waals surface area contributed by atoms with Crippen molar-refractivity contribution in [3.8, 4) is 5.75 Å². The maximum Gasteiger partial charge on any atom is 0.262 e. The van der Waals surface area contributed by atoms with Gasteiger partial charge in [0.1, 0.15) is 16.4 Å². The number of ether oxygens (including phenoxy) is 1. The van der Waals surface area contributed by atoms with E-state index in [2.05, 4.69) is 10.2 Å². The molecule has 4 rings (SSSR count). The van der Waals surface area contributed by atoms with E-state index >= 15 is 0 Å². The third-order valence-electron chi connectivity index (χ3n) is 6.20. The minimum atomic E-state index is -0.162. The van der Waals surface area contributed by atoms with Gasteiger partial charge >= 0.3 is 0 Å². The monoisotopic (exact) mass is 454 g/mol. The zero-order chi connectivity index (χ0) is 22.8. The third-order valence-corrected chi connectivity index (χ3v) is 7.38. The van der Waals surface area contributed by atoms with Crippen molar-refractivity contribution >= 4 is 27.5 Å². The van der Waals surface area contributed by atoms with Crippen LogP contribution in [0.25, 0.3) is 10.2 Å². The number of carbonyl (C=O) groups excluding carboxylic acids is 1. The number of benzene rings is 1. The number of amides is 1. The van der Waals surface area contributed by atoms with Crippen molar-refractivity contribution < 1.29 is 9.53 Å². The van der Waals surface area contributed by atoms with Crippen LogP contribution in [-0.2, 0) is 13.0 Å². The van der Waals surface area contributed by atoms with Gasteiger partial charge in [0.2, 0.25) is 0 Å². The molecule has 1 aromatic carbocycles. The Kier molecular flexibility index (Phi) is 6.62. The molecular weight excluding hydrogens is 424 g/mol. The molecule has 0 saturated carbocycles. The molecule has 1 unspecified atom stereocenters. The van der Waals surface area contributed by atoms with E-state index in [1.165, 1.54) is 11.3 Å². The highest BCUT2D eigenvalue weighted by atomic mass is 32.1. The maximum absolute atomic E-state index is 13.2. The number of aryl methyl sites for hydroxylation is 2. The first-order chi connectivity index (χ1) is 15.4. The second-order valence-electron chi connectivity index (χ2n) is 8.49. The van der Waals surface area contributed by atoms with Gasteiger partial charge in [-0.2, -0.15) is 0 Å². The fraction of sp³-hybridized carbons (Fsp3) is 0.458. The fourth-order valence-electron chi connectivity index (χ4n) is 4.32. The number of hydrogen-bond donors (Lipinski definition) is 1. The number of nitrogens with zero attached hydrogens (tertiary/aromatic N) is 3. The molecule has 0 radical (unpaired) electrons. The maximum atomic E-state index is 13.2. The lowest BCUT2D eigenvalue weighted by atomic mass is 10.1. The summed E-state index contributed by atoms with van der Waals surface area (Å²) in [6.07, 6.45) is 3.97. The molecule has 2 aromatic heterocycles. The van der Waals surface area contributed by atoms with Gasteiger partial charge in [-0.1, -0.05) is 18.6 Å². The number of methoxy groups -OCH3 is 1. The standard InChI is InChI=1S/C24H30N4O3S/c1-15-20-23(26-19-8-6-5-7-13-28(19)24(20)30)32-21(15)22(29)25-14-18(27(2)3)16-9-11-17(31-4)12-10-16/h9-12,18H,5-8,13-14H2,1-4H3,(H,25,29). The van der Waals surface area contributed by atoms with Gasteiger partial charge in [0.15, 0.2) is 0 Å². The van der Waals surface area contributed by atoms with Crippen molar-refractivity contribution in [3.05, 3.63) is 56.4 Å². The first kappa shape index (κ1) is 22.5. The normalized spacial score (nSPS) is 14.8. The van der Waals surface area contributed by atoms with Crippen LogP contribution in [0.4, 0.5) is 0 Å². The smallest absolute Gasteiger partial charge is 0.262 e. The van der Waals surface area contributed by atoms with Gasteiger partial charge in [0.25, 0.3) is 11.5 Å². The van der Waals surface area contributed by atoms with Crippen LogP contribution in [0.3, 0.4) is 0 Å². The van der Waals surface area contributed by atoms with Crippen molar-refractivity contribution in [1.29, 1.82) is 0 Å². The van der Waals surface area contributed by atoms with Gasteiger partial charge in [0, 0.05) is 19.5 Å². The first-order valence-electron chi connectivity index (χ1n) is 11.0. The molecule has 0 saturated heterocycles. The van der Waals surface area contributed by atoms with E-state index in [4.69, 9.17) is 9.72 Å². The molecule has 1 amide bonds. The Morgan fingerprint density at radius 2 is 2.00 bits per heavy atom. The Morgan fingerprint density at radius 3 is 2.69 bits per heavy atom. The minimum absolute atomic E-state index is 0.0101. The highest BCUT2D eigenvalue weighted by Gasteiger charge is 2.23. The molecule has 1 N–H and O–H groups in total. The number of aromatic nitrogens is 2. The van der Waals surface area contributed by atoms with Crippen LogP contribution < -0.4 is 15.6 Å². The average Bonchev–Trinajstić information content (AvgIpc) is 2.95. The second kappa shape index (κ2) is 9.42. The summed E-state index contributed by atoms with van der Waals surface area (Å²) in [5.41, 5.74) is 1.81. The summed E-state index contributed by atoms with van der Waals surface area (Å²) in [6.45, 7) is 3.02. The molecule has 3 heterocycles. The van der Waals surface area contributed by atoms with Gasteiger partial charge < -0.3 is 15.0 Å². The van der Waals surface area contributed by atoms with Crippen LogP contribution in [-0.4, -0.2) is 48.1 Å². The largest absolute Gasteiger partial charge is 0.497 e. The summed E-state index contributed by atoms with van der Waals surface area (Å²) in [7, 11) is 5.62. The molecule has 3 aromatic rings. The van der Waals surface area contributed by atoms with Crippen molar-refractivity contribution in [1.82, 2.24) is 19.8 Å². The Balaban J connectivity index is 1.58. The second-order valence-corrected chi connectivity index (χ2v) is 9.49. The number of likely N-dealkylation sites (N-methyl/N-ethyl adjacent to an activating group) is 1. The topological polar surface area (TPSA) is 76.5 Å². The van der Waals surface area contributed by atoms with E-state index in [-0.39, 0.29) is 17.5 Å². The van der Waals surface area contributed by atoms with Gasteiger partial charge in [-0.3, -0.25) is 14.2 Å². The van der Waals surface area contributed by atoms with Crippen LogP contribution in [0, 0.1) is 6.92 Å². The molecule has 0 aliphatic carbocycles. The first-order valence-corrected chi connectivity index (χ1v) is 11.8. The molecular formula is C24H30N4O3S. The fourth-order valence-corrected chi connectivity index (χ4v) is 5.43. The molecule has 0 bridgehead atoms. The Hall–Kier alpha value is -2.71. The van der Waals surface area contributed by atoms with Gasteiger partial charge in [-0.15, -0.1) is 11.3 Å². The summed E-state index contributed by atoms with van der Waals surface area (Å²) in [5.74, 6) is 1.49. The number of rotatable bonds is 6. The Morgan fingerprint density at radius 1 is 1.25 bits per heavy atom. The Bertz CT molecular complexity index is 1180. The lowest BCUT2D eigenvalue weighted by Crippen LogP contribution is -2.34. The van der Waals surface area contributed by atoms with Crippen LogP contribution in [0.2, 0.25) is 0 Å².